The van der Waals surface area contributed by atoms with Crippen molar-refractivity contribution in [3.8, 4) is 0 Å². The first-order valence-corrected chi connectivity index (χ1v) is 7.87. The highest BCUT2D eigenvalue weighted by Gasteiger charge is 2.11. The van der Waals surface area contributed by atoms with Gasteiger partial charge in [-0.15, -0.1) is 11.3 Å². The van der Waals surface area contributed by atoms with Crippen molar-refractivity contribution < 1.29 is 0 Å². The number of fused-ring (bicyclic) bond motifs is 1. The number of hydrogen-bond donors (Lipinski definition) is 2. The second-order valence-corrected chi connectivity index (χ2v) is 6.40. The van der Waals surface area contributed by atoms with E-state index < -0.39 is 0 Å². The molecule has 0 saturated carbocycles. The fourth-order valence-corrected chi connectivity index (χ4v) is 3.37. The lowest BCUT2D eigenvalue weighted by Gasteiger charge is -2.07. The molecule has 0 bridgehead atoms. The summed E-state index contributed by atoms with van der Waals surface area (Å²) in [6.45, 7) is 6.64. The summed E-state index contributed by atoms with van der Waals surface area (Å²) in [6.07, 6.45) is 2.21. The SMILES string of the molecule is Cc1cc(=O)[nH]c(CCNc2ncnc3sc(C)c(C)c23)n1. The van der Waals surface area contributed by atoms with Gasteiger partial charge >= 0.3 is 0 Å². The molecule has 0 unspecified atom stereocenters. The Morgan fingerprint density at radius 2 is 2.09 bits per heavy atom. The highest BCUT2D eigenvalue weighted by atomic mass is 32.1. The number of rotatable bonds is 4. The Morgan fingerprint density at radius 3 is 2.86 bits per heavy atom. The number of thiophene rings is 1. The Balaban J connectivity index is 1.78. The lowest BCUT2D eigenvalue weighted by atomic mass is 10.2. The third-order valence-electron chi connectivity index (χ3n) is 3.54. The molecular weight excluding hydrogens is 298 g/mol. The predicted molar refractivity (Wildman–Crippen MR) is 88.7 cm³/mol. The van der Waals surface area contributed by atoms with E-state index in [-0.39, 0.29) is 5.56 Å². The Kier molecular flexibility index (Phi) is 3.89. The monoisotopic (exact) mass is 315 g/mol. The van der Waals surface area contributed by atoms with E-state index in [9.17, 15) is 4.79 Å². The van der Waals surface area contributed by atoms with E-state index in [2.05, 4.69) is 39.1 Å². The van der Waals surface area contributed by atoms with Gasteiger partial charge in [-0.25, -0.2) is 15.0 Å². The summed E-state index contributed by atoms with van der Waals surface area (Å²) >= 11 is 1.68. The molecule has 0 aliphatic heterocycles. The number of aryl methyl sites for hydroxylation is 3. The summed E-state index contributed by atoms with van der Waals surface area (Å²) in [4.78, 5) is 29.4. The van der Waals surface area contributed by atoms with Crippen molar-refractivity contribution >= 4 is 27.4 Å². The van der Waals surface area contributed by atoms with Crippen molar-refractivity contribution in [3.63, 3.8) is 0 Å². The van der Waals surface area contributed by atoms with Crippen LogP contribution < -0.4 is 10.9 Å². The molecular formula is C15H17N5OS. The Morgan fingerprint density at radius 1 is 1.27 bits per heavy atom. The van der Waals surface area contributed by atoms with Gasteiger partial charge in [0.25, 0.3) is 5.56 Å². The first-order valence-electron chi connectivity index (χ1n) is 7.06. The molecule has 3 aromatic heterocycles. The van der Waals surface area contributed by atoms with Crippen molar-refractivity contribution in [1.82, 2.24) is 19.9 Å². The van der Waals surface area contributed by atoms with Crippen LogP contribution in [0.15, 0.2) is 17.2 Å². The van der Waals surface area contributed by atoms with Crippen LogP contribution in [0.5, 0.6) is 0 Å². The number of nitrogens with one attached hydrogen (secondary N) is 2. The van der Waals surface area contributed by atoms with Crippen molar-refractivity contribution in [2.45, 2.75) is 27.2 Å². The van der Waals surface area contributed by atoms with E-state index in [0.29, 0.717) is 18.8 Å². The quantitative estimate of drug-likeness (QED) is 0.772. The number of nitrogens with zero attached hydrogens (tertiary/aromatic N) is 3. The number of hydrogen-bond acceptors (Lipinski definition) is 6. The zero-order valence-corrected chi connectivity index (χ0v) is 13.5. The molecule has 114 valence electrons. The summed E-state index contributed by atoms with van der Waals surface area (Å²) in [5.74, 6) is 1.52. The van der Waals surface area contributed by atoms with E-state index in [1.165, 1.54) is 16.5 Å². The average Bonchev–Trinajstić information content (AvgIpc) is 2.74. The van der Waals surface area contributed by atoms with E-state index >= 15 is 0 Å². The van der Waals surface area contributed by atoms with Crippen LogP contribution in [0.3, 0.4) is 0 Å². The molecule has 0 atom stereocenters. The first-order chi connectivity index (χ1) is 10.5. The maximum absolute atomic E-state index is 11.4. The maximum atomic E-state index is 11.4. The van der Waals surface area contributed by atoms with Gasteiger partial charge in [0, 0.05) is 29.6 Å². The van der Waals surface area contributed by atoms with Gasteiger partial charge in [-0.1, -0.05) is 0 Å². The molecule has 0 aliphatic carbocycles. The average molecular weight is 315 g/mol. The van der Waals surface area contributed by atoms with Gasteiger partial charge in [0.15, 0.2) is 0 Å². The lowest BCUT2D eigenvalue weighted by Crippen LogP contribution is -2.15. The van der Waals surface area contributed by atoms with E-state index in [4.69, 9.17) is 0 Å². The van der Waals surface area contributed by atoms with E-state index in [1.54, 1.807) is 17.7 Å². The van der Waals surface area contributed by atoms with Crippen LogP contribution in [0.1, 0.15) is 22.0 Å². The number of aromatic nitrogens is 4. The summed E-state index contributed by atoms with van der Waals surface area (Å²) in [5, 5.41) is 4.40. The molecule has 3 rings (SSSR count). The van der Waals surface area contributed by atoms with Crippen molar-refractivity contribution in [3.05, 3.63) is 44.7 Å². The lowest BCUT2D eigenvalue weighted by molar-refractivity contribution is 0.862. The largest absolute Gasteiger partial charge is 0.369 e. The standard InChI is InChI=1S/C15H17N5OS/c1-8-6-12(21)20-11(19-8)4-5-16-14-13-9(2)10(3)22-15(13)18-7-17-14/h6-7H,4-5H2,1-3H3,(H,16,17,18)(H,19,20,21). The molecule has 22 heavy (non-hydrogen) atoms. The number of H-pyrrole nitrogens is 1. The molecule has 2 N–H and O–H groups in total. The van der Waals surface area contributed by atoms with Gasteiger partial charge < -0.3 is 10.3 Å². The van der Waals surface area contributed by atoms with Crippen LogP contribution in [-0.4, -0.2) is 26.5 Å². The summed E-state index contributed by atoms with van der Waals surface area (Å²) < 4.78 is 0. The molecule has 0 fully saturated rings. The van der Waals surface area contributed by atoms with Gasteiger partial charge in [0.2, 0.25) is 0 Å². The molecule has 3 aromatic rings. The highest BCUT2D eigenvalue weighted by molar-refractivity contribution is 7.18. The Labute approximate surface area is 131 Å². The molecule has 0 aliphatic rings. The van der Waals surface area contributed by atoms with Crippen molar-refractivity contribution in [2.75, 3.05) is 11.9 Å². The van der Waals surface area contributed by atoms with Crippen molar-refractivity contribution in [2.24, 2.45) is 0 Å². The van der Waals surface area contributed by atoms with Crippen molar-refractivity contribution in [1.29, 1.82) is 0 Å². The molecule has 0 aromatic carbocycles. The number of anilines is 1. The van der Waals surface area contributed by atoms with Crippen LogP contribution in [0.2, 0.25) is 0 Å². The van der Waals surface area contributed by atoms with E-state index in [0.717, 1.165) is 21.7 Å². The molecule has 0 spiro atoms. The van der Waals surface area contributed by atoms with Crippen LogP contribution in [-0.2, 0) is 6.42 Å². The minimum atomic E-state index is -0.115. The normalized spacial score (nSPS) is 11.0. The van der Waals surface area contributed by atoms with Gasteiger partial charge in [0.05, 0.1) is 5.39 Å². The van der Waals surface area contributed by atoms with Crippen LogP contribution >= 0.6 is 11.3 Å². The maximum Gasteiger partial charge on any atom is 0.251 e. The molecule has 0 radical (unpaired) electrons. The summed E-state index contributed by atoms with van der Waals surface area (Å²) in [7, 11) is 0. The topological polar surface area (TPSA) is 83.6 Å². The van der Waals surface area contributed by atoms with Gasteiger partial charge in [-0.3, -0.25) is 4.79 Å². The molecule has 6 nitrogen and oxygen atoms in total. The second-order valence-electron chi connectivity index (χ2n) is 5.20. The summed E-state index contributed by atoms with van der Waals surface area (Å²) in [5.41, 5.74) is 1.83. The van der Waals surface area contributed by atoms with Gasteiger partial charge in [0.1, 0.15) is 22.8 Å². The second kappa shape index (κ2) is 5.84. The first kappa shape index (κ1) is 14.6. The minimum Gasteiger partial charge on any atom is -0.369 e. The molecule has 0 saturated heterocycles. The fraction of sp³-hybridized carbons (Fsp3) is 0.333. The Hall–Kier alpha value is -2.28. The fourth-order valence-electron chi connectivity index (χ4n) is 2.38. The smallest absolute Gasteiger partial charge is 0.251 e. The third-order valence-corrected chi connectivity index (χ3v) is 4.65. The van der Waals surface area contributed by atoms with Crippen LogP contribution in [0, 0.1) is 20.8 Å². The zero-order chi connectivity index (χ0) is 15.7. The highest BCUT2D eigenvalue weighted by Crippen LogP contribution is 2.32. The minimum absolute atomic E-state index is 0.115. The molecule has 7 heteroatoms. The van der Waals surface area contributed by atoms with Crippen LogP contribution in [0.4, 0.5) is 5.82 Å². The van der Waals surface area contributed by atoms with Gasteiger partial charge in [-0.2, -0.15) is 0 Å². The van der Waals surface area contributed by atoms with Gasteiger partial charge in [-0.05, 0) is 26.3 Å². The molecule has 3 heterocycles. The number of aromatic amines is 1. The van der Waals surface area contributed by atoms with Crippen LogP contribution in [0.25, 0.3) is 10.2 Å². The predicted octanol–water partition coefficient (Wildman–Crippen LogP) is 2.35. The third kappa shape index (κ3) is 2.85. The summed E-state index contributed by atoms with van der Waals surface area (Å²) in [6, 6.07) is 1.49. The molecule has 0 amide bonds. The Bertz CT molecular complexity index is 883. The zero-order valence-electron chi connectivity index (χ0n) is 12.7. The van der Waals surface area contributed by atoms with E-state index in [1.807, 2.05) is 6.92 Å².